The number of carboxylic acid groups (broad SMARTS) is 1. The first kappa shape index (κ1) is 14.6. The van der Waals surface area contributed by atoms with Crippen LogP contribution in [0.4, 0.5) is 0 Å². The van der Waals surface area contributed by atoms with E-state index < -0.39 is 11.6 Å². The van der Waals surface area contributed by atoms with Crippen molar-refractivity contribution in [3.8, 4) is 0 Å². The number of rotatable bonds is 2. The van der Waals surface area contributed by atoms with Crippen LogP contribution in [0.15, 0.2) is 24.3 Å². The number of aliphatic hydroxyl groups excluding tert-OH is 1. The third-order valence-corrected chi connectivity index (χ3v) is 1.69. The van der Waals surface area contributed by atoms with Gasteiger partial charge in [-0.25, -0.2) is 4.79 Å². The van der Waals surface area contributed by atoms with Gasteiger partial charge in [0, 0.05) is 0 Å². The molecule has 3 N–H and O–H groups in total. The molecule has 1 rings (SSSR count). The molecule has 0 saturated heterocycles. The molecule has 0 aliphatic carbocycles. The molecule has 0 aliphatic heterocycles. The molecule has 16 heavy (non-hydrogen) atoms. The quantitative estimate of drug-likeness (QED) is 0.713. The molecular formula is C12H18O4. The zero-order valence-corrected chi connectivity index (χ0v) is 9.77. The molecule has 4 nitrogen and oxygen atoms in total. The van der Waals surface area contributed by atoms with Crippen molar-refractivity contribution in [2.24, 2.45) is 0 Å². The van der Waals surface area contributed by atoms with Crippen LogP contribution in [0.1, 0.15) is 29.8 Å². The van der Waals surface area contributed by atoms with Gasteiger partial charge >= 0.3 is 5.97 Å². The van der Waals surface area contributed by atoms with Gasteiger partial charge in [-0.15, -0.1) is 0 Å². The molecular weight excluding hydrogens is 208 g/mol. The molecule has 0 radical (unpaired) electrons. The second-order valence-electron chi connectivity index (χ2n) is 4.14. The van der Waals surface area contributed by atoms with E-state index in [2.05, 4.69) is 0 Å². The highest BCUT2D eigenvalue weighted by Crippen LogP contribution is 2.01. The molecule has 0 aromatic heterocycles. The maximum Gasteiger partial charge on any atom is 0.335 e. The Morgan fingerprint density at radius 3 is 1.88 bits per heavy atom. The van der Waals surface area contributed by atoms with Crippen LogP contribution in [0.2, 0.25) is 0 Å². The molecule has 0 bridgehead atoms. The molecule has 0 saturated carbocycles. The maximum atomic E-state index is 10.3. The molecule has 4 heteroatoms. The number of carbonyl (C=O) groups is 1. The number of hydrogen-bond acceptors (Lipinski definition) is 3. The lowest BCUT2D eigenvalue weighted by atomic mass is 10.2. The van der Waals surface area contributed by atoms with Crippen LogP contribution < -0.4 is 0 Å². The van der Waals surface area contributed by atoms with E-state index in [0.29, 0.717) is 5.56 Å². The zero-order chi connectivity index (χ0) is 12.8. The number of benzene rings is 1. The summed E-state index contributed by atoms with van der Waals surface area (Å²) in [5.41, 5.74) is 0.510. The minimum Gasteiger partial charge on any atom is -0.478 e. The molecule has 0 aliphatic rings. The van der Waals surface area contributed by atoms with Crippen LogP contribution in [-0.2, 0) is 0 Å². The van der Waals surface area contributed by atoms with E-state index in [1.807, 2.05) is 6.92 Å². The monoisotopic (exact) mass is 226 g/mol. The van der Waals surface area contributed by atoms with Crippen LogP contribution in [0, 0.1) is 6.92 Å². The van der Waals surface area contributed by atoms with Crippen LogP contribution in [0.3, 0.4) is 0 Å². The third kappa shape index (κ3) is 6.98. The first-order chi connectivity index (χ1) is 7.26. The Bertz CT molecular complexity index is 322. The average Bonchev–Trinajstić information content (AvgIpc) is 2.18. The summed E-state index contributed by atoms with van der Waals surface area (Å²) in [6.07, 6.45) is 0. The third-order valence-electron chi connectivity index (χ3n) is 1.69. The molecule has 90 valence electrons. The fourth-order valence-electron chi connectivity index (χ4n) is 0.696. The van der Waals surface area contributed by atoms with E-state index in [-0.39, 0.29) is 6.61 Å². The number of aryl methyl sites for hydroxylation is 1. The van der Waals surface area contributed by atoms with Crippen molar-refractivity contribution in [3.63, 3.8) is 0 Å². The van der Waals surface area contributed by atoms with E-state index in [4.69, 9.17) is 15.3 Å². The highest BCUT2D eigenvalue weighted by Gasteiger charge is 2.07. The van der Waals surface area contributed by atoms with Crippen molar-refractivity contribution >= 4 is 5.97 Å². The van der Waals surface area contributed by atoms with E-state index >= 15 is 0 Å². The SMILES string of the molecule is CC(C)(O)CO.Cc1ccc(C(=O)O)cc1. The first-order valence-electron chi connectivity index (χ1n) is 4.89. The smallest absolute Gasteiger partial charge is 0.335 e. The number of aromatic carboxylic acids is 1. The zero-order valence-electron chi connectivity index (χ0n) is 9.77. The van der Waals surface area contributed by atoms with Crippen LogP contribution in [0.5, 0.6) is 0 Å². The van der Waals surface area contributed by atoms with Crippen molar-refractivity contribution in [3.05, 3.63) is 35.4 Å². The van der Waals surface area contributed by atoms with Gasteiger partial charge in [-0.1, -0.05) is 17.7 Å². The minimum atomic E-state index is -0.903. The van der Waals surface area contributed by atoms with Gasteiger partial charge in [0.15, 0.2) is 0 Å². The Morgan fingerprint density at radius 2 is 1.62 bits per heavy atom. The number of carboxylic acids is 1. The average molecular weight is 226 g/mol. The largest absolute Gasteiger partial charge is 0.478 e. The Morgan fingerprint density at radius 1 is 1.25 bits per heavy atom. The number of hydrogen-bond donors (Lipinski definition) is 3. The molecule has 1 aromatic rings. The molecule has 0 amide bonds. The highest BCUT2D eigenvalue weighted by atomic mass is 16.4. The van der Waals surface area contributed by atoms with Crippen molar-refractivity contribution in [2.75, 3.05) is 6.61 Å². The van der Waals surface area contributed by atoms with E-state index in [1.165, 1.54) is 0 Å². The van der Waals surface area contributed by atoms with Crippen molar-refractivity contribution in [2.45, 2.75) is 26.4 Å². The number of aliphatic hydroxyl groups is 2. The lowest BCUT2D eigenvalue weighted by molar-refractivity contribution is 0.0183. The predicted molar refractivity (Wildman–Crippen MR) is 61.5 cm³/mol. The van der Waals surface area contributed by atoms with Crippen molar-refractivity contribution < 1.29 is 20.1 Å². The summed E-state index contributed by atoms with van der Waals surface area (Å²) in [5.74, 6) is -0.875. The van der Waals surface area contributed by atoms with Crippen molar-refractivity contribution in [1.82, 2.24) is 0 Å². The molecule has 0 atom stereocenters. The molecule has 0 heterocycles. The van der Waals surface area contributed by atoms with E-state index in [0.717, 1.165) is 5.56 Å². The summed E-state index contributed by atoms with van der Waals surface area (Å²) in [6, 6.07) is 6.75. The molecule has 0 unspecified atom stereocenters. The molecule has 0 spiro atoms. The standard InChI is InChI=1S/C8H8O2.C4H10O2/c1-6-2-4-7(5-3-6)8(9)10;1-4(2,6)3-5/h2-5H,1H3,(H,9,10);5-6H,3H2,1-2H3. The molecule has 0 fully saturated rings. The van der Waals surface area contributed by atoms with Crippen molar-refractivity contribution in [1.29, 1.82) is 0 Å². The minimum absolute atomic E-state index is 0.174. The van der Waals surface area contributed by atoms with Gasteiger partial charge in [-0.3, -0.25) is 0 Å². The van der Waals surface area contributed by atoms with Crippen LogP contribution >= 0.6 is 0 Å². The topological polar surface area (TPSA) is 77.8 Å². The fourth-order valence-corrected chi connectivity index (χ4v) is 0.696. The van der Waals surface area contributed by atoms with Gasteiger partial charge < -0.3 is 15.3 Å². The second-order valence-corrected chi connectivity index (χ2v) is 4.14. The highest BCUT2D eigenvalue weighted by molar-refractivity contribution is 5.87. The Kier molecular flexibility index (Phi) is 5.71. The summed E-state index contributed by atoms with van der Waals surface area (Å²) in [7, 11) is 0. The van der Waals surface area contributed by atoms with E-state index in [9.17, 15) is 4.79 Å². The fraction of sp³-hybridized carbons (Fsp3) is 0.417. The summed E-state index contributed by atoms with van der Waals surface area (Å²) >= 11 is 0. The van der Waals surface area contributed by atoms with Gasteiger partial charge in [0.05, 0.1) is 17.8 Å². The molecule has 1 aromatic carbocycles. The normalized spacial score (nSPS) is 10.3. The van der Waals surface area contributed by atoms with Crippen LogP contribution in [-0.4, -0.2) is 33.5 Å². The summed E-state index contributed by atoms with van der Waals surface area (Å²) in [5, 5.41) is 25.2. The van der Waals surface area contributed by atoms with Gasteiger partial charge in [-0.2, -0.15) is 0 Å². The lowest BCUT2D eigenvalue weighted by Gasteiger charge is -2.10. The van der Waals surface area contributed by atoms with Gasteiger partial charge in [-0.05, 0) is 32.9 Å². The van der Waals surface area contributed by atoms with E-state index in [1.54, 1.807) is 38.1 Å². The van der Waals surface area contributed by atoms with Crippen LogP contribution in [0.25, 0.3) is 0 Å². The maximum absolute atomic E-state index is 10.3. The van der Waals surface area contributed by atoms with Gasteiger partial charge in [0.1, 0.15) is 0 Å². The Labute approximate surface area is 95.2 Å². The summed E-state index contributed by atoms with van der Waals surface area (Å²) in [6.45, 7) is 4.85. The second kappa shape index (κ2) is 6.25. The Hall–Kier alpha value is -1.39. The van der Waals surface area contributed by atoms with Gasteiger partial charge in [0.2, 0.25) is 0 Å². The van der Waals surface area contributed by atoms with Gasteiger partial charge in [0.25, 0.3) is 0 Å². The first-order valence-corrected chi connectivity index (χ1v) is 4.89. The lowest BCUT2D eigenvalue weighted by Crippen LogP contribution is -2.23. The summed E-state index contributed by atoms with van der Waals surface area (Å²) in [4.78, 5) is 10.3. The summed E-state index contributed by atoms with van der Waals surface area (Å²) < 4.78 is 0. The predicted octanol–water partition coefficient (Wildman–Crippen LogP) is 1.44. The Balaban J connectivity index is 0.000000325.